The second-order valence-electron chi connectivity index (χ2n) is 13.3. The largest absolute Gasteiger partial charge is 0.478 e. The first kappa shape index (κ1) is 37.1. The molecule has 18 nitrogen and oxygen atoms in total. The third-order valence-corrected chi connectivity index (χ3v) is 10.0. The number of ether oxygens (including phenoxy) is 1. The molecule has 0 bridgehead atoms. The van der Waals surface area contributed by atoms with Crippen LogP contribution in [0.3, 0.4) is 0 Å². The van der Waals surface area contributed by atoms with Crippen molar-refractivity contribution in [2.24, 2.45) is 14.1 Å². The van der Waals surface area contributed by atoms with Gasteiger partial charge in [-0.3, -0.25) is 43.3 Å². The molecule has 1 atom stereocenters. The van der Waals surface area contributed by atoms with Gasteiger partial charge in [-0.2, -0.15) is 4.98 Å². The van der Waals surface area contributed by atoms with E-state index in [9.17, 15) is 28.8 Å². The summed E-state index contributed by atoms with van der Waals surface area (Å²) in [5, 5.41) is 11.9. The predicted molar refractivity (Wildman–Crippen MR) is 205 cm³/mol. The first-order chi connectivity index (χ1) is 26.4. The number of aryl methyl sites for hydroxylation is 2. The zero-order valence-corrected chi connectivity index (χ0v) is 31.0. The number of imide groups is 1. The fraction of sp³-hybridized carbons (Fsp3) is 0.333. The molecule has 1 unspecified atom stereocenters. The van der Waals surface area contributed by atoms with Crippen LogP contribution in [0.1, 0.15) is 18.9 Å². The molecular weight excluding hydrogens is 734 g/mol. The molecule has 286 valence electrons. The average molecular weight is 772 g/mol. The van der Waals surface area contributed by atoms with Gasteiger partial charge in [0.05, 0.1) is 35.0 Å². The SMILES string of the molecule is CNC(=O)COc1cc2cc(Nc3nc(N4CCN(CC(=O)Nc5cccc6c5n(C)c(=O)n6C5CCC(=O)NC5=O)CC4)ncc3Cl)ccc2n(C)c1=O. The van der Waals surface area contributed by atoms with E-state index in [0.717, 1.165) is 0 Å². The van der Waals surface area contributed by atoms with Crippen LogP contribution in [0.5, 0.6) is 5.75 Å². The van der Waals surface area contributed by atoms with E-state index in [0.29, 0.717) is 76.3 Å². The normalized spacial score (nSPS) is 16.3. The molecule has 19 heteroatoms. The van der Waals surface area contributed by atoms with Crippen molar-refractivity contribution in [3.63, 3.8) is 0 Å². The number of likely N-dealkylation sites (N-methyl/N-ethyl adjacent to an activating group) is 1. The highest BCUT2D eigenvalue weighted by molar-refractivity contribution is 6.33. The second kappa shape index (κ2) is 15.2. The van der Waals surface area contributed by atoms with Gasteiger partial charge in [0.15, 0.2) is 18.2 Å². The number of hydrogen-bond donors (Lipinski definition) is 4. The highest BCUT2D eigenvalue weighted by Gasteiger charge is 2.32. The number of para-hydroxylation sites is 1. The van der Waals surface area contributed by atoms with E-state index in [4.69, 9.17) is 16.3 Å². The van der Waals surface area contributed by atoms with Crippen molar-refractivity contribution in [2.75, 3.05) is 61.9 Å². The number of carbonyl (C=O) groups is 4. The van der Waals surface area contributed by atoms with Gasteiger partial charge in [-0.1, -0.05) is 17.7 Å². The van der Waals surface area contributed by atoms with E-state index in [-0.39, 0.29) is 55.0 Å². The number of halogens is 1. The number of piperidine rings is 1. The maximum Gasteiger partial charge on any atom is 0.329 e. The minimum absolute atomic E-state index is 0.0424. The summed E-state index contributed by atoms with van der Waals surface area (Å²) in [5.74, 6) is -0.653. The number of amides is 4. The smallest absolute Gasteiger partial charge is 0.329 e. The van der Waals surface area contributed by atoms with Gasteiger partial charge in [-0.15, -0.1) is 0 Å². The number of benzene rings is 2. The van der Waals surface area contributed by atoms with E-state index in [2.05, 4.69) is 31.2 Å². The van der Waals surface area contributed by atoms with E-state index in [1.165, 1.54) is 26.9 Å². The standard InChI is InChI=1S/C36H38ClN11O7/c1-38-30(51)19-55-27-16-20-15-21(7-8-24(20)44(2)34(27)53)40-32-22(37)17-39-35(43-32)47-13-11-46(12-14-47)18-29(50)41-23-5-4-6-25-31(23)45(3)36(54)48(25)26-9-10-28(49)42-33(26)52/h4-8,15-17,26H,9-14,18-19H2,1-3H3,(H,38,51)(H,41,50)(H,39,40,43)(H,42,49,52). The van der Waals surface area contributed by atoms with Crippen LogP contribution in [0, 0.1) is 0 Å². The average Bonchev–Trinajstić information content (AvgIpc) is 3.42. The van der Waals surface area contributed by atoms with E-state index in [1.54, 1.807) is 50.5 Å². The van der Waals surface area contributed by atoms with Crippen LogP contribution in [0.4, 0.5) is 23.1 Å². The summed E-state index contributed by atoms with van der Waals surface area (Å²) < 4.78 is 9.70. The number of nitrogens with one attached hydrogen (secondary N) is 4. The summed E-state index contributed by atoms with van der Waals surface area (Å²) in [7, 11) is 4.69. The molecule has 2 aliphatic rings. The number of rotatable bonds is 10. The van der Waals surface area contributed by atoms with Crippen LogP contribution < -0.4 is 42.2 Å². The van der Waals surface area contributed by atoms with Gasteiger partial charge in [0.2, 0.25) is 23.7 Å². The number of fused-ring (bicyclic) bond motifs is 2. The minimum Gasteiger partial charge on any atom is -0.478 e. The Bertz CT molecular complexity index is 2490. The molecule has 55 heavy (non-hydrogen) atoms. The van der Waals surface area contributed by atoms with Crippen molar-refractivity contribution >= 4 is 80.3 Å². The number of hydrogen-bond acceptors (Lipinski definition) is 12. The topological polar surface area (TPSA) is 207 Å². The van der Waals surface area contributed by atoms with Crippen molar-refractivity contribution in [3.05, 3.63) is 74.5 Å². The number of carbonyl (C=O) groups excluding carboxylic acids is 4. The lowest BCUT2D eigenvalue weighted by Gasteiger charge is -2.34. The molecular formula is C36H38ClN11O7. The molecule has 0 radical (unpaired) electrons. The number of anilines is 4. The van der Waals surface area contributed by atoms with Crippen molar-refractivity contribution < 1.29 is 23.9 Å². The Morgan fingerprint density at radius 3 is 2.51 bits per heavy atom. The summed E-state index contributed by atoms with van der Waals surface area (Å²) in [4.78, 5) is 88.4. The van der Waals surface area contributed by atoms with Crippen LogP contribution in [-0.4, -0.2) is 98.6 Å². The molecule has 2 aromatic carbocycles. The fourth-order valence-corrected chi connectivity index (χ4v) is 6.99. The monoisotopic (exact) mass is 771 g/mol. The van der Waals surface area contributed by atoms with Crippen molar-refractivity contribution in [1.82, 2.24) is 39.2 Å². The summed E-state index contributed by atoms with van der Waals surface area (Å²) in [6.45, 7) is 1.98. The molecule has 3 aromatic heterocycles. The molecule has 0 spiro atoms. The molecule has 4 amide bonds. The van der Waals surface area contributed by atoms with Crippen molar-refractivity contribution in [2.45, 2.75) is 18.9 Å². The van der Waals surface area contributed by atoms with Gasteiger partial charge in [-0.05, 0) is 42.8 Å². The maximum atomic E-state index is 13.3. The highest BCUT2D eigenvalue weighted by atomic mass is 35.5. The molecule has 5 aromatic rings. The summed E-state index contributed by atoms with van der Waals surface area (Å²) >= 11 is 6.50. The Kier molecular flexibility index (Phi) is 10.3. The maximum absolute atomic E-state index is 13.3. The van der Waals surface area contributed by atoms with Crippen LogP contribution in [0.25, 0.3) is 21.9 Å². The number of piperazine rings is 1. The molecule has 0 aliphatic carbocycles. The van der Waals surface area contributed by atoms with Gasteiger partial charge < -0.3 is 30.2 Å². The Balaban J connectivity index is 0.994. The number of nitrogens with zero attached hydrogens (tertiary/aromatic N) is 7. The molecule has 2 aliphatic heterocycles. The van der Waals surface area contributed by atoms with Crippen LogP contribution in [0.2, 0.25) is 5.02 Å². The van der Waals surface area contributed by atoms with Crippen molar-refractivity contribution in [3.8, 4) is 5.75 Å². The molecule has 2 fully saturated rings. The second-order valence-corrected chi connectivity index (χ2v) is 13.7. The Labute approximate surface area is 318 Å². The summed E-state index contributed by atoms with van der Waals surface area (Å²) in [6.07, 6.45) is 1.85. The number of imidazole rings is 1. The molecule has 2 saturated heterocycles. The van der Waals surface area contributed by atoms with Crippen molar-refractivity contribution in [1.29, 1.82) is 0 Å². The fourth-order valence-electron chi connectivity index (χ4n) is 6.85. The van der Waals surface area contributed by atoms with E-state index >= 15 is 0 Å². The Morgan fingerprint density at radius 1 is 0.982 bits per heavy atom. The van der Waals surface area contributed by atoms with Crippen LogP contribution in [0.15, 0.2) is 58.3 Å². The first-order valence-electron chi connectivity index (χ1n) is 17.5. The zero-order chi connectivity index (χ0) is 39.0. The molecule has 4 N–H and O–H groups in total. The number of pyridine rings is 1. The zero-order valence-electron chi connectivity index (χ0n) is 30.2. The Morgan fingerprint density at radius 2 is 1.76 bits per heavy atom. The predicted octanol–water partition coefficient (Wildman–Crippen LogP) is 1.24. The van der Waals surface area contributed by atoms with Gasteiger partial charge in [0.1, 0.15) is 11.1 Å². The lowest BCUT2D eigenvalue weighted by Crippen LogP contribution is -2.49. The Hall–Kier alpha value is -6.27. The lowest BCUT2D eigenvalue weighted by molar-refractivity contribution is -0.135. The van der Waals surface area contributed by atoms with Crippen LogP contribution in [-0.2, 0) is 33.3 Å². The third kappa shape index (κ3) is 7.45. The number of aromatic nitrogens is 5. The highest BCUT2D eigenvalue weighted by Crippen LogP contribution is 2.29. The van der Waals surface area contributed by atoms with Gasteiger partial charge in [0, 0.05) is 64.8 Å². The van der Waals surface area contributed by atoms with Gasteiger partial charge in [0.25, 0.3) is 11.5 Å². The van der Waals surface area contributed by atoms with Gasteiger partial charge in [-0.25, -0.2) is 9.78 Å². The molecule has 5 heterocycles. The quantitative estimate of drug-likeness (QED) is 0.148. The van der Waals surface area contributed by atoms with Gasteiger partial charge >= 0.3 is 5.69 Å². The van der Waals surface area contributed by atoms with E-state index in [1.807, 2.05) is 15.9 Å². The lowest BCUT2D eigenvalue weighted by atomic mass is 10.1. The third-order valence-electron chi connectivity index (χ3n) is 9.74. The molecule has 7 rings (SSSR count). The first-order valence-corrected chi connectivity index (χ1v) is 17.9. The van der Waals surface area contributed by atoms with Crippen LogP contribution >= 0.6 is 11.6 Å². The minimum atomic E-state index is -0.832. The summed E-state index contributed by atoms with van der Waals surface area (Å²) in [6, 6.07) is 11.3. The van der Waals surface area contributed by atoms with E-state index < -0.39 is 17.6 Å². The molecule has 0 saturated carbocycles. The summed E-state index contributed by atoms with van der Waals surface area (Å²) in [5.41, 5.74) is 1.92.